The van der Waals surface area contributed by atoms with E-state index in [4.69, 9.17) is 9.47 Å². The van der Waals surface area contributed by atoms with Gasteiger partial charge < -0.3 is 9.47 Å². The van der Waals surface area contributed by atoms with E-state index in [-0.39, 0.29) is 23.6 Å². The molecule has 0 spiro atoms. The quantitative estimate of drug-likeness (QED) is 0.116. The number of ether oxygens (including phenoxy) is 2. The van der Waals surface area contributed by atoms with Crippen molar-refractivity contribution in [3.63, 3.8) is 0 Å². The largest absolute Gasteiger partial charge is 0.493 e. The van der Waals surface area contributed by atoms with Crippen LogP contribution in [0.3, 0.4) is 0 Å². The van der Waals surface area contributed by atoms with E-state index in [1.54, 1.807) is 12.1 Å². The van der Waals surface area contributed by atoms with E-state index in [1.807, 2.05) is 37.3 Å². The molecular weight excluding hydrogens is 594 g/mol. The number of nitrogens with one attached hydrogen (secondary N) is 1. The minimum Gasteiger partial charge on any atom is -0.493 e. The zero-order valence-corrected chi connectivity index (χ0v) is 23.4. The third-order valence-electron chi connectivity index (χ3n) is 6.60. The Labute approximate surface area is 242 Å². The maximum atomic E-state index is 13.3. The molecule has 1 fully saturated rings. The van der Waals surface area contributed by atoms with Crippen molar-refractivity contribution < 1.29 is 28.8 Å². The molecule has 1 heterocycles. The van der Waals surface area contributed by atoms with Crippen LogP contribution in [-0.2, 0) is 16.2 Å². The number of rotatable bonds is 7. The number of methoxy groups -OCH3 is 1. The zero-order chi connectivity index (χ0) is 29.3. The van der Waals surface area contributed by atoms with Crippen molar-refractivity contribution in [1.29, 1.82) is 0 Å². The normalized spacial score (nSPS) is 14.4. The molecule has 0 atom stereocenters. The molecule has 0 unspecified atom stereocenters. The lowest BCUT2D eigenvalue weighted by Crippen LogP contribution is -2.54. The van der Waals surface area contributed by atoms with E-state index < -0.39 is 22.8 Å². The summed E-state index contributed by atoms with van der Waals surface area (Å²) in [6, 6.07) is 19.4. The number of halogens is 1. The molecule has 0 bridgehead atoms. The van der Waals surface area contributed by atoms with Crippen LogP contribution in [0, 0.1) is 17.0 Å². The highest BCUT2D eigenvalue weighted by molar-refractivity contribution is 9.10. The van der Waals surface area contributed by atoms with Gasteiger partial charge in [0.2, 0.25) is 0 Å². The van der Waals surface area contributed by atoms with Gasteiger partial charge in [-0.1, -0.05) is 42.5 Å². The molecule has 0 aromatic heterocycles. The van der Waals surface area contributed by atoms with Crippen molar-refractivity contribution in [3.8, 4) is 11.5 Å². The minimum atomic E-state index is -1.01. The summed E-state index contributed by atoms with van der Waals surface area (Å²) in [7, 11) is 1.47. The number of anilines is 1. The molecule has 0 saturated carbocycles. The molecule has 5 rings (SSSR count). The second-order valence-electron chi connectivity index (χ2n) is 9.14. The first kappa shape index (κ1) is 27.5. The summed E-state index contributed by atoms with van der Waals surface area (Å²) in [5.74, 6) is -1.06. The molecule has 206 valence electrons. The first-order valence-corrected chi connectivity index (χ1v) is 13.1. The number of nitrogens with zero attached hydrogens (tertiary/aromatic N) is 2. The number of benzene rings is 4. The molecule has 0 radical (unpaired) electrons. The molecule has 4 aromatic carbocycles. The van der Waals surface area contributed by atoms with Gasteiger partial charge in [-0.15, -0.1) is 0 Å². The summed E-state index contributed by atoms with van der Waals surface area (Å²) in [6.07, 6.45) is 1.31. The lowest BCUT2D eigenvalue weighted by atomic mass is 10.0. The second-order valence-corrected chi connectivity index (χ2v) is 9.99. The van der Waals surface area contributed by atoms with Crippen LogP contribution in [0.25, 0.3) is 16.8 Å². The molecule has 1 N–H and O–H groups in total. The fraction of sp³-hybridized carbons (Fsp3) is 0.100. The predicted octanol–water partition coefficient (Wildman–Crippen LogP) is 6.07. The topological polar surface area (TPSA) is 128 Å². The number of nitro benzene ring substituents is 1. The van der Waals surface area contributed by atoms with Gasteiger partial charge in [-0.3, -0.25) is 25.0 Å². The summed E-state index contributed by atoms with van der Waals surface area (Å²) in [5.41, 5.74) is 1.81. The predicted molar refractivity (Wildman–Crippen MR) is 156 cm³/mol. The number of carbonyl (C=O) groups excluding carboxylic acids is 3. The van der Waals surface area contributed by atoms with Gasteiger partial charge >= 0.3 is 6.03 Å². The number of imide groups is 2. The maximum absolute atomic E-state index is 13.3. The summed E-state index contributed by atoms with van der Waals surface area (Å²) in [5, 5.41) is 15.5. The van der Waals surface area contributed by atoms with Crippen LogP contribution in [0.5, 0.6) is 11.5 Å². The van der Waals surface area contributed by atoms with Crippen molar-refractivity contribution in [3.05, 3.63) is 110 Å². The number of amides is 4. The molecule has 4 amide bonds. The fourth-order valence-electron chi connectivity index (χ4n) is 4.55. The number of nitro groups is 1. The first-order valence-electron chi connectivity index (χ1n) is 12.3. The lowest BCUT2D eigenvalue weighted by Gasteiger charge is -2.26. The highest BCUT2D eigenvalue weighted by atomic mass is 79.9. The molecule has 1 saturated heterocycles. The van der Waals surface area contributed by atoms with Crippen LogP contribution in [-0.4, -0.2) is 29.9 Å². The van der Waals surface area contributed by atoms with Crippen molar-refractivity contribution in [1.82, 2.24) is 5.32 Å². The number of aryl methyl sites for hydroxylation is 1. The van der Waals surface area contributed by atoms with Crippen molar-refractivity contribution >= 4 is 62.0 Å². The summed E-state index contributed by atoms with van der Waals surface area (Å²) in [6.45, 7) is 2.28. The van der Waals surface area contributed by atoms with Gasteiger partial charge in [0.15, 0.2) is 11.5 Å². The van der Waals surface area contributed by atoms with Gasteiger partial charge in [0.25, 0.3) is 17.5 Å². The molecule has 11 heteroatoms. The Kier molecular flexibility index (Phi) is 7.54. The maximum Gasteiger partial charge on any atom is 0.335 e. The van der Waals surface area contributed by atoms with E-state index in [0.717, 1.165) is 28.0 Å². The average molecular weight is 616 g/mol. The number of non-ortho nitro benzene ring substituents is 1. The number of urea groups is 1. The van der Waals surface area contributed by atoms with Gasteiger partial charge in [0, 0.05) is 17.7 Å². The first-order chi connectivity index (χ1) is 19.7. The summed E-state index contributed by atoms with van der Waals surface area (Å²) in [4.78, 5) is 49.7. The van der Waals surface area contributed by atoms with Crippen LogP contribution in [0.1, 0.15) is 16.7 Å². The standard InChI is InChI=1S/C30H22BrN3O7/c1-17-10-11-19-6-3-4-9-22(19)24(17)16-41-27-25(31)13-18(14-26(27)40-2)12-23-28(35)32-30(37)33(29(23)36)20-7-5-8-21(15-20)34(38)39/h3-15H,16H2,1-2H3,(H,32,35,37)/b23-12+. The van der Waals surface area contributed by atoms with Gasteiger partial charge in [-0.25, -0.2) is 9.69 Å². The third kappa shape index (κ3) is 5.39. The van der Waals surface area contributed by atoms with Crippen LogP contribution in [0.2, 0.25) is 0 Å². The average Bonchev–Trinajstić information content (AvgIpc) is 2.95. The van der Waals surface area contributed by atoms with Crippen LogP contribution >= 0.6 is 15.9 Å². The zero-order valence-electron chi connectivity index (χ0n) is 21.8. The number of barbiturate groups is 1. The molecule has 41 heavy (non-hydrogen) atoms. The van der Waals surface area contributed by atoms with Gasteiger partial charge in [0.1, 0.15) is 12.2 Å². The van der Waals surface area contributed by atoms with Crippen LogP contribution < -0.4 is 19.7 Å². The van der Waals surface area contributed by atoms with E-state index in [1.165, 1.54) is 31.4 Å². The van der Waals surface area contributed by atoms with Gasteiger partial charge in [-0.2, -0.15) is 0 Å². The van der Waals surface area contributed by atoms with E-state index in [2.05, 4.69) is 27.3 Å². The summed E-state index contributed by atoms with van der Waals surface area (Å²) >= 11 is 3.51. The Morgan fingerprint density at radius 2 is 1.80 bits per heavy atom. The van der Waals surface area contributed by atoms with E-state index in [0.29, 0.717) is 26.4 Å². The minimum absolute atomic E-state index is 0.0497. The monoisotopic (exact) mass is 615 g/mol. The van der Waals surface area contributed by atoms with Gasteiger partial charge in [0.05, 0.1) is 22.2 Å². The molecule has 1 aliphatic heterocycles. The highest BCUT2D eigenvalue weighted by Crippen LogP contribution is 2.39. The number of fused-ring (bicyclic) bond motifs is 1. The number of hydrogen-bond acceptors (Lipinski definition) is 7. The summed E-state index contributed by atoms with van der Waals surface area (Å²) < 4.78 is 12.3. The molecule has 0 aliphatic carbocycles. The van der Waals surface area contributed by atoms with Gasteiger partial charge in [-0.05, 0) is 69.0 Å². The number of hydrogen-bond donors (Lipinski definition) is 1. The van der Waals surface area contributed by atoms with E-state index in [9.17, 15) is 24.5 Å². The Morgan fingerprint density at radius 1 is 1.02 bits per heavy atom. The molecule has 1 aliphatic rings. The number of carbonyl (C=O) groups is 3. The Hall–Kier alpha value is -5.03. The third-order valence-corrected chi connectivity index (χ3v) is 7.19. The van der Waals surface area contributed by atoms with Crippen molar-refractivity contribution in [2.75, 3.05) is 12.0 Å². The second kappa shape index (κ2) is 11.2. The highest BCUT2D eigenvalue weighted by Gasteiger charge is 2.37. The van der Waals surface area contributed by atoms with Crippen LogP contribution in [0.4, 0.5) is 16.2 Å². The molecule has 10 nitrogen and oxygen atoms in total. The van der Waals surface area contributed by atoms with Crippen molar-refractivity contribution in [2.45, 2.75) is 13.5 Å². The lowest BCUT2D eigenvalue weighted by molar-refractivity contribution is -0.384. The smallest absolute Gasteiger partial charge is 0.335 e. The molecule has 4 aromatic rings. The van der Waals surface area contributed by atoms with E-state index >= 15 is 0 Å². The van der Waals surface area contributed by atoms with Crippen LogP contribution in [0.15, 0.2) is 82.8 Å². The fourth-order valence-corrected chi connectivity index (χ4v) is 5.12. The Balaban J connectivity index is 1.46. The van der Waals surface area contributed by atoms with Crippen molar-refractivity contribution in [2.24, 2.45) is 0 Å². The Morgan fingerprint density at radius 3 is 2.56 bits per heavy atom. The SMILES string of the molecule is COc1cc(/C=C2\C(=O)NC(=O)N(c3cccc([N+](=O)[O-])c3)C2=O)cc(Br)c1OCc1c(C)ccc2ccccc12. The Bertz CT molecular complexity index is 1780. The molecular formula is C30H22BrN3O7.